The Hall–Kier alpha value is -2.74. The second-order valence-electron chi connectivity index (χ2n) is 6.05. The van der Waals surface area contributed by atoms with Crippen LogP contribution in [0.2, 0.25) is 0 Å². The molecule has 0 spiro atoms. The fourth-order valence-corrected chi connectivity index (χ4v) is 3.27. The van der Waals surface area contributed by atoms with Crippen molar-refractivity contribution in [2.45, 2.75) is 13.8 Å². The second kappa shape index (κ2) is 3.92. The van der Waals surface area contributed by atoms with Crippen LogP contribution in [-0.4, -0.2) is 0 Å². The molecule has 0 aliphatic heterocycles. The summed E-state index contributed by atoms with van der Waals surface area (Å²) in [6, 6.07) is 16.8. The van der Waals surface area contributed by atoms with E-state index in [0.29, 0.717) is 0 Å². The topological polar surface area (TPSA) is 26.3 Å². The first-order valence-electron chi connectivity index (χ1n) is 7.45. The molecule has 22 heavy (non-hydrogen) atoms. The molecule has 0 atom stereocenters. The molecule has 0 saturated carbocycles. The second-order valence-corrected chi connectivity index (χ2v) is 6.05. The highest BCUT2D eigenvalue weighted by Gasteiger charge is 2.13. The van der Waals surface area contributed by atoms with E-state index in [2.05, 4.69) is 50.2 Å². The standard InChI is InChI=1S/C20H14O2/c1-11-3-5-17-13(7-11)15-9-20-16(10-19(15)21-17)14-8-12(2)4-6-18(14)22-20/h3-10H,1-2H3. The predicted molar refractivity (Wildman–Crippen MR) is 90.5 cm³/mol. The Morgan fingerprint density at radius 3 is 1.36 bits per heavy atom. The lowest BCUT2D eigenvalue weighted by molar-refractivity contribution is 0.664. The van der Waals surface area contributed by atoms with Crippen molar-refractivity contribution in [3.05, 3.63) is 59.7 Å². The molecule has 2 heteroatoms. The monoisotopic (exact) mass is 286 g/mol. The van der Waals surface area contributed by atoms with Crippen LogP contribution < -0.4 is 0 Å². The molecule has 3 aromatic carbocycles. The first kappa shape index (κ1) is 11.9. The van der Waals surface area contributed by atoms with Gasteiger partial charge in [-0.3, -0.25) is 0 Å². The SMILES string of the molecule is Cc1ccc2oc3cc4c(cc3c2c1)oc1ccc(C)cc14. The Morgan fingerprint density at radius 1 is 0.500 bits per heavy atom. The van der Waals surface area contributed by atoms with Gasteiger partial charge in [0.2, 0.25) is 0 Å². The van der Waals surface area contributed by atoms with Gasteiger partial charge in [-0.05, 0) is 50.2 Å². The van der Waals surface area contributed by atoms with Gasteiger partial charge in [-0.2, -0.15) is 0 Å². The molecule has 2 aromatic heterocycles. The molecule has 0 N–H and O–H groups in total. The van der Waals surface area contributed by atoms with Crippen LogP contribution in [0.25, 0.3) is 43.9 Å². The van der Waals surface area contributed by atoms with Gasteiger partial charge in [0.15, 0.2) is 0 Å². The molecule has 0 unspecified atom stereocenters. The lowest BCUT2D eigenvalue weighted by Crippen LogP contribution is -1.72. The summed E-state index contributed by atoms with van der Waals surface area (Å²) in [6.45, 7) is 4.20. The van der Waals surface area contributed by atoms with Crippen LogP contribution in [0.4, 0.5) is 0 Å². The van der Waals surface area contributed by atoms with Crippen LogP contribution in [0.3, 0.4) is 0 Å². The van der Waals surface area contributed by atoms with Gasteiger partial charge in [0.05, 0.1) is 0 Å². The summed E-state index contributed by atoms with van der Waals surface area (Å²) in [6.07, 6.45) is 0. The lowest BCUT2D eigenvalue weighted by Gasteiger charge is -1.93. The molecular weight excluding hydrogens is 272 g/mol. The zero-order valence-corrected chi connectivity index (χ0v) is 12.4. The molecule has 5 rings (SSSR count). The highest BCUT2D eigenvalue weighted by atomic mass is 16.3. The van der Waals surface area contributed by atoms with Crippen LogP contribution >= 0.6 is 0 Å². The van der Waals surface area contributed by atoms with Gasteiger partial charge < -0.3 is 8.83 Å². The van der Waals surface area contributed by atoms with Crippen molar-refractivity contribution in [3.8, 4) is 0 Å². The number of furan rings is 2. The van der Waals surface area contributed by atoms with Crippen molar-refractivity contribution in [1.29, 1.82) is 0 Å². The molecule has 5 aromatic rings. The number of benzene rings is 3. The van der Waals surface area contributed by atoms with E-state index in [1.54, 1.807) is 0 Å². The minimum atomic E-state index is 0.914. The lowest BCUT2D eigenvalue weighted by atomic mass is 10.1. The first-order valence-corrected chi connectivity index (χ1v) is 7.45. The van der Waals surface area contributed by atoms with Crippen LogP contribution in [0.1, 0.15) is 11.1 Å². The molecule has 0 saturated heterocycles. The summed E-state index contributed by atoms with van der Waals surface area (Å²) in [7, 11) is 0. The Morgan fingerprint density at radius 2 is 0.909 bits per heavy atom. The molecular formula is C20H14O2. The summed E-state index contributed by atoms with van der Waals surface area (Å²) >= 11 is 0. The maximum atomic E-state index is 6.02. The summed E-state index contributed by atoms with van der Waals surface area (Å²) in [5.74, 6) is 0. The number of hydrogen-bond donors (Lipinski definition) is 0. The van der Waals surface area contributed by atoms with Crippen molar-refractivity contribution in [2.75, 3.05) is 0 Å². The van der Waals surface area contributed by atoms with Gasteiger partial charge in [-0.1, -0.05) is 23.3 Å². The van der Waals surface area contributed by atoms with E-state index in [-0.39, 0.29) is 0 Å². The molecule has 0 radical (unpaired) electrons. The van der Waals surface area contributed by atoms with E-state index in [9.17, 15) is 0 Å². The number of aryl methyl sites for hydroxylation is 2. The summed E-state index contributed by atoms with van der Waals surface area (Å²) < 4.78 is 12.0. The maximum absolute atomic E-state index is 6.02. The van der Waals surface area contributed by atoms with Crippen molar-refractivity contribution in [3.63, 3.8) is 0 Å². The fraction of sp³-hybridized carbons (Fsp3) is 0.100. The van der Waals surface area contributed by atoms with Gasteiger partial charge >= 0.3 is 0 Å². The highest BCUT2D eigenvalue weighted by molar-refractivity contribution is 6.14. The van der Waals surface area contributed by atoms with Crippen molar-refractivity contribution in [2.24, 2.45) is 0 Å². The number of rotatable bonds is 0. The van der Waals surface area contributed by atoms with E-state index >= 15 is 0 Å². The smallest absolute Gasteiger partial charge is 0.136 e. The molecule has 0 fully saturated rings. The summed E-state index contributed by atoms with van der Waals surface area (Å²) in [5.41, 5.74) is 6.14. The van der Waals surface area contributed by atoms with Gasteiger partial charge in [-0.15, -0.1) is 0 Å². The Balaban J connectivity index is 1.99. The number of hydrogen-bond acceptors (Lipinski definition) is 2. The third kappa shape index (κ3) is 1.49. The van der Waals surface area contributed by atoms with Crippen molar-refractivity contribution in [1.82, 2.24) is 0 Å². The minimum absolute atomic E-state index is 0.914. The van der Waals surface area contributed by atoms with Gasteiger partial charge in [0.1, 0.15) is 22.3 Å². The number of fused-ring (bicyclic) bond motifs is 6. The molecule has 2 nitrogen and oxygen atoms in total. The largest absolute Gasteiger partial charge is 0.456 e. The zero-order chi connectivity index (χ0) is 14.8. The summed E-state index contributed by atoms with van der Waals surface area (Å²) in [5, 5.41) is 4.52. The van der Waals surface area contributed by atoms with E-state index in [1.807, 2.05) is 12.1 Å². The summed E-state index contributed by atoms with van der Waals surface area (Å²) in [4.78, 5) is 0. The fourth-order valence-electron chi connectivity index (χ4n) is 3.27. The van der Waals surface area contributed by atoms with E-state index in [4.69, 9.17) is 8.83 Å². The van der Waals surface area contributed by atoms with Crippen LogP contribution in [0, 0.1) is 13.8 Å². The first-order chi connectivity index (χ1) is 10.7. The van der Waals surface area contributed by atoms with E-state index in [1.165, 1.54) is 11.1 Å². The van der Waals surface area contributed by atoms with Gasteiger partial charge in [0.25, 0.3) is 0 Å². The maximum Gasteiger partial charge on any atom is 0.136 e. The Bertz CT molecular complexity index is 1090. The Kier molecular flexibility index (Phi) is 2.11. The molecule has 2 heterocycles. The predicted octanol–water partition coefficient (Wildman–Crippen LogP) is 6.10. The van der Waals surface area contributed by atoms with Gasteiger partial charge in [0, 0.05) is 21.5 Å². The average molecular weight is 286 g/mol. The Labute approximate surface area is 126 Å². The van der Waals surface area contributed by atoms with Crippen LogP contribution in [0.5, 0.6) is 0 Å². The van der Waals surface area contributed by atoms with Crippen molar-refractivity contribution < 1.29 is 8.83 Å². The van der Waals surface area contributed by atoms with Crippen molar-refractivity contribution >= 4 is 43.9 Å². The highest BCUT2D eigenvalue weighted by Crippen LogP contribution is 2.36. The van der Waals surface area contributed by atoms with E-state index in [0.717, 1.165) is 43.9 Å². The zero-order valence-electron chi connectivity index (χ0n) is 12.4. The van der Waals surface area contributed by atoms with Crippen LogP contribution in [-0.2, 0) is 0 Å². The normalized spacial score (nSPS) is 12.1. The van der Waals surface area contributed by atoms with Crippen LogP contribution in [0.15, 0.2) is 57.4 Å². The molecule has 106 valence electrons. The molecule has 0 aliphatic carbocycles. The third-order valence-electron chi connectivity index (χ3n) is 4.37. The molecule has 0 amide bonds. The molecule has 0 aliphatic rings. The quantitative estimate of drug-likeness (QED) is 0.343. The minimum Gasteiger partial charge on any atom is -0.456 e. The van der Waals surface area contributed by atoms with Gasteiger partial charge in [-0.25, -0.2) is 0 Å². The van der Waals surface area contributed by atoms with E-state index < -0.39 is 0 Å². The molecule has 0 bridgehead atoms. The average Bonchev–Trinajstić information content (AvgIpc) is 3.02. The third-order valence-corrected chi connectivity index (χ3v) is 4.37.